The van der Waals surface area contributed by atoms with Crippen LogP contribution in [0.4, 0.5) is 5.69 Å². The number of nitrogens with one attached hydrogen (secondary N) is 2. The molecule has 3 rings (SSSR count). The van der Waals surface area contributed by atoms with Gasteiger partial charge in [-0.15, -0.1) is 6.42 Å². The van der Waals surface area contributed by atoms with E-state index in [2.05, 4.69) is 16.2 Å². The highest BCUT2D eigenvalue weighted by Crippen LogP contribution is 2.33. The smallest absolute Gasteiger partial charge is 0.276 e. The summed E-state index contributed by atoms with van der Waals surface area (Å²) in [5.74, 6) is 1.69. The lowest BCUT2D eigenvalue weighted by Crippen LogP contribution is -2.26. The minimum Gasteiger partial charge on any atom is -0.364 e. The van der Waals surface area contributed by atoms with Crippen molar-refractivity contribution in [2.45, 2.75) is 17.2 Å². The third-order valence-electron chi connectivity index (χ3n) is 4.54. The highest BCUT2D eigenvalue weighted by atomic mass is 32.2. The average Bonchev–Trinajstić information content (AvgIpc) is 2.78. The Labute approximate surface area is 174 Å². The van der Waals surface area contributed by atoms with Crippen LogP contribution in [0.5, 0.6) is 0 Å². The Bertz CT molecular complexity index is 1200. The summed E-state index contributed by atoms with van der Waals surface area (Å²) in [5.41, 5.74) is 3.54. The van der Waals surface area contributed by atoms with Crippen molar-refractivity contribution in [2.75, 3.05) is 5.32 Å². The number of hydrogen-bond acceptors (Lipinski definition) is 6. The number of sulfone groups is 1. The van der Waals surface area contributed by atoms with Crippen molar-refractivity contribution in [3.8, 4) is 12.3 Å². The first-order valence-electron chi connectivity index (χ1n) is 8.89. The number of nitrogens with zero attached hydrogens (tertiary/aromatic N) is 1. The number of aryl methyl sites for hydroxylation is 1. The summed E-state index contributed by atoms with van der Waals surface area (Å²) in [6, 6.07) is 14.1. The van der Waals surface area contributed by atoms with E-state index in [1.807, 2.05) is 0 Å². The van der Waals surface area contributed by atoms with Crippen molar-refractivity contribution < 1.29 is 18.4 Å². The van der Waals surface area contributed by atoms with E-state index in [1.54, 1.807) is 48.8 Å². The number of hydrogen-bond donors (Lipinski definition) is 3. The largest absolute Gasteiger partial charge is 0.364 e. The van der Waals surface area contributed by atoms with Crippen LogP contribution < -0.4 is 10.8 Å². The van der Waals surface area contributed by atoms with Gasteiger partial charge < -0.3 is 5.32 Å². The Balaban J connectivity index is 2.14. The number of carbonyl (C=O) groups excluding carboxylic acids is 1. The lowest BCUT2D eigenvalue weighted by atomic mass is 10.1. The SMILES string of the molecule is C#Cc1ccc(S(=O)(=O)C(Nc2c(C)cccc2C(=O)NO)c2cccnc2)cc1. The van der Waals surface area contributed by atoms with Gasteiger partial charge in [-0.1, -0.05) is 24.1 Å². The molecule has 1 heterocycles. The summed E-state index contributed by atoms with van der Waals surface area (Å²) in [5, 5.41) is 10.8. The fourth-order valence-corrected chi connectivity index (χ4v) is 4.55. The zero-order valence-corrected chi connectivity index (χ0v) is 16.8. The first-order valence-corrected chi connectivity index (χ1v) is 10.4. The first-order chi connectivity index (χ1) is 14.4. The van der Waals surface area contributed by atoms with E-state index in [1.165, 1.54) is 30.6 Å². The van der Waals surface area contributed by atoms with Crippen LogP contribution in [0.15, 0.2) is 71.9 Å². The van der Waals surface area contributed by atoms with Crippen molar-refractivity contribution in [3.63, 3.8) is 0 Å². The normalized spacial score (nSPS) is 11.9. The monoisotopic (exact) mass is 421 g/mol. The lowest BCUT2D eigenvalue weighted by Gasteiger charge is -2.23. The van der Waals surface area contributed by atoms with Crippen LogP contribution in [-0.2, 0) is 9.84 Å². The molecular weight excluding hydrogens is 402 g/mol. The van der Waals surface area contributed by atoms with Gasteiger partial charge in [0.15, 0.2) is 5.37 Å². The van der Waals surface area contributed by atoms with Crippen LogP contribution in [0.2, 0.25) is 0 Å². The standard InChI is InChI=1S/C22H19N3O4S/c1-3-16-9-11-18(12-10-16)30(28,29)22(17-7-5-13-23-14-17)24-20-15(2)6-4-8-19(20)21(26)25-27/h1,4-14,22,24,27H,2H3,(H,25,26). The predicted molar refractivity (Wildman–Crippen MR) is 113 cm³/mol. The zero-order valence-electron chi connectivity index (χ0n) is 16.0. The van der Waals surface area contributed by atoms with Gasteiger partial charge in [0.1, 0.15) is 0 Å². The van der Waals surface area contributed by atoms with Gasteiger partial charge in [-0.25, -0.2) is 13.9 Å². The Kier molecular flexibility index (Phi) is 6.16. The topological polar surface area (TPSA) is 108 Å². The number of carbonyl (C=O) groups is 1. The minimum absolute atomic E-state index is 0.0598. The van der Waals surface area contributed by atoms with Crippen LogP contribution in [0.1, 0.15) is 32.4 Å². The molecule has 0 aliphatic rings. The molecule has 0 saturated heterocycles. The summed E-state index contributed by atoms with van der Waals surface area (Å²) >= 11 is 0. The van der Waals surface area contributed by atoms with Gasteiger partial charge in [0, 0.05) is 23.5 Å². The number of benzene rings is 2. The maximum absolute atomic E-state index is 13.5. The number of terminal acetylenes is 1. The Morgan fingerprint density at radius 2 is 1.87 bits per heavy atom. The molecular formula is C22H19N3O4S. The van der Waals surface area contributed by atoms with Crippen molar-refractivity contribution in [1.29, 1.82) is 0 Å². The fraction of sp³-hybridized carbons (Fsp3) is 0.0909. The number of rotatable bonds is 6. The second-order valence-electron chi connectivity index (χ2n) is 6.46. The molecule has 0 fully saturated rings. The predicted octanol–water partition coefficient (Wildman–Crippen LogP) is 3.07. The van der Waals surface area contributed by atoms with Crippen LogP contribution >= 0.6 is 0 Å². The van der Waals surface area contributed by atoms with Crippen molar-refractivity contribution in [3.05, 3.63) is 89.2 Å². The molecule has 0 aliphatic carbocycles. The maximum atomic E-state index is 13.5. The molecule has 0 bridgehead atoms. The molecule has 1 amide bonds. The molecule has 3 N–H and O–H groups in total. The molecule has 8 heteroatoms. The van der Waals surface area contributed by atoms with Gasteiger partial charge >= 0.3 is 0 Å². The molecule has 0 radical (unpaired) electrons. The number of hydroxylamine groups is 1. The zero-order chi connectivity index (χ0) is 21.7. The van der Waals surface area contributed by atoms with Gasteiger partial charge in [0.2, 0.25) is 9.84 Å². The van der Waals surface area contributed by atoms with E-state index in [9.17, 15) is 13.2 Å². The van der Waals surface area contributed by atoms with E-state index >= 15 is 0 Å². The molecule has 0 spiro atoms. The Morgan fingerprint density at radius 3 is 2.47 bits per heavy atom. The number of anilines is 1. The van der Waals surface area contributed by atoms with E-state index in [-0.39, 0.29) is 16.1 Å². The first kappa shape index (κ1) is 21.0. The Hall–Kier alpha value is -3.67. The highest BCUT2D eigenvalue weighted by molar-refractivity contribution is 7.91. The van der Waals surface area contributed by atoms with Crippen molar-refractivity contribution in [2.24, 2.45) is 0 Å². The maximum Gasteiger partial charge on any atom is 0.276 e. The summed E-state index contributed by atoms with van der Waals surface area (Å²) in [6.07, 6.45) is 8.33. The molecule has 3 aromatic rings. The lowest BCUT2D eigenvalue weighted by molar-refractivity contribution is 0.0707. The molecule has 152 valence electrons. The summed E-state index contributed by atoms with van der Waals surface area (Å²) in [6.45, 7) is 1.73. The number of para-hydroxylation sites is 1. The van der Waals surface area contributed by atoms with Crippen LogP contribution in [-0.4, -0.2) is 24.5 Å². The third kappa shape index (κ3) is 4.17. The molecule has 1 unspecified atom stereocenters. The van der Waals surface area contributed by atoms with Crippen LogP contribution in [0, 0.1) is 19.3 Å². The molecule has 7 nitrogen and oxygen atoms in total. The number of pyridine rings is 1. The van der Waals surface area contributed by atoms with E-state index in [4.69, 9.17) is 11.6 Å². The van der Waals surface area contributed by atoms with Gasteiger partial charge in [0.25, 0.3) is 5.91 Å². The molecule has 0 saturated carbocycles. The van der Waals surface area contributed by atoms with Gasteiger partial charge in [0.05, 0.1) is 16.1 Å². The van der Waals surface area contributed by atoms with Crippen LogP contribution in [0.25, 0.3) is 0 Å². The second-order valence-corrected chi connectivity index (χ2v) is 8.50. The fourth-order valence-electron chi connectivity index (χ4n) is 2.99. The van der Waals surface area contributed by atoms with Crippen LogP contribution in [0.3, 0.4) is 0 Å². The van der Waals surface area contributed by atoms with Gasteiger partial charge in [-0.2, -0.15) is 0 Å². The average molecular weight is 421 g/mol. The van der Waals surface area contributed by atoms with E-state index < -0.39 is 21.1 Å². The summed E-state index contributed by atoms with van der Waals surface area (Å²) in [7, 11) is -3.96. The van der Waals surface area contributed by atoms with Gasteiger partial charge in [-0.05, 0) is 48.9 Å². The molecule has 2 aromatic carbocycles. The molecule has 1 aromatic heterocycles. The van der Waals surface area contributed by atoms with E-state index in [0.29, 0.717) is 16.7 Å². The molecule has 0 aliphatic heterocycles. The van der Waals surface area contributed by atoms with Gasteiger partial charge in [-0.3, -0.25) is 15.0 Å². The second kappa shape index (κ2) is 8.78. The van der Waals surface area contributed by atoms with Crippen molar-refractivity contribution >= 4 is 21.4 Å². The highest BCUT2D eigenvalue weighted by Gasteiger charge is 2.31. The number of aromatic nitrogens is 1. The third-order valence-corrected chi connectivity index (χ3v) is 6.48. The summed E-state index contributed by atoms with van der Waals surface area (Å²) < 4.78 is 27.0. The van der Waals surface area contributed by atoms with E-state index in [0.717, 1.165) is 0 Å². The summed E-state index contributed by atoms with van der Waals surface area (Å²) in [4.78, 5) is 16.2. The quantitative estimate of drug-likeness (QED) is 0.321. The molecule has 1 atom stereocenters. The Morgan fingerprint density at radius 1 is 1.13 bits per heavy atom. The number of amides is 1. The minimum atomic E-state index is -3.96. The molecule has 30 heavy (non-hydrogen) atoms. The van der Waals surface area contributed by atoms with Crippen molar-refractivity contribution in [1.82, 2.24) is 10.5 Å².